The van der Waals surface area contributed by atoms with Gasteiger partial charge in [-0.25, -0.2) is 4.98 Å². The first-order valence-electron chi connectivity index (χ1n) is 6.76. The van der Waals surface area contributed by atoms with Crippen molar-refractivity contribution in [3.8, 4) is 0 Å². The van der Waals surface area contributed by atoms with E-state index < -0.39 is 0 Å². The number of rotatable bonds is 4. The summed E-state index contributed by atoms with van der Waals surface area (Å²) in [6.07, 6.45) is 7.28. The molecule has 0 unspecified atom stereocenters. The summed E-state index contributed by atoms with van der Waals surface area (Å²) < 4.78 is 0.568. The predicted molar refractivity (Wildman–Crippen MR) is 76.9 cm³/mol. The zero-order valence-corrected chi connectivity index (χ0v) is 12.5. The van der Waals surface area contributed by atoms with Gasteiger partial charge >= 0.3 is 0 Å². The van der Waals surface area contributed by atoms with Gasteiger partial charge in [0.1, 0.15) is 4.60 Å². The molecule has 4 nitrogen and oxygen atoms in total. The molecule has 0 atom stereocenters. The van der Waals surface area contributed by atoms with Crippen LogP contribution in [0.4, 0.5) is 0 Å². The van der Waals surface area contributed by atoms with Crippen molar-refractivity contribution in [1.82, 2.24) is 9.88 Å². The number of hydrogen-bond donors (Lipinski definition) is 1. The third kappa shape index (κ3) is 3.54. The highest BCUT2D eigenvalue weighted by molar-refractivity contribution is 9.10. The molecule has 1 aliphatic carbocycles. The molecule has 0 aliphatic heterocycles. The third-order valence-corrected chi connectivity index (χ3v) is 4.24. The Hall–Kier alpha value is -0.940. The van der Waals surface area contributed by atoms with Gasteiger partial charge in [0.2, 0.25) is 0 Å². The summed E-state index contributed by atoms with van der Waals surface area (Å²) in [6, 6.07) is 3.78. The molecule has 1 aromatic rings. The average molecular weight is 327 g/mol. The van der Waals surface area contributed by atoms with Crippen LogP contribution in [0.15, 0.2) is 22.9 Å². The van der Waals surface area contributed by atoms with Gasteiger partial charge in [0, 0.05) is 18.8 Å². The van der Waals surface area contributed by atoms with Crippen molar-refractivity contribution in [3.05, 3.63) is 28.5 Å². The number of pyridine rings is 1. The van der Waals surface area contributed by atoms with Crippen molar-refractivity contribution in [2.45, 2.75) is 38.1 Å². The van der Waals surface area contributed by atoms with Crippen molar-refractivity contribution in [2.24, 2.45) is 0 Å². The lowest BCUT2D eigenvalue weighted by Gasteiger charge is -2.34. The molecule has 1 fully saturated rings. The maximum absolute atomic E-state index is 12.6. The van der Waals surface area contributed by atoms with Crippen molar-refractivity contribution in [2.75, 3.05) is 13.2 Å². The minimum atomic E-state index is -0.0408. The van der Waals surface area contributed by atoms with E-state index in [0.717, 1.165) is 25.7 Å². The summed E-state index contributed by atoms with van der Waals surface area (Å²) in [4.78, 5) is 18.5. The summed E-state index contributed by atoms with van der Waals surface area (Å²) in [6.45, 7) is 0.394. The summed E-state index contributed by atoms with van der Waals surface area (Å²) in [5.41, 5.74) is 0.571. The second-order valence-electron chi connectivity index (χ2n) is 4.86. The molecule has 1 heterocycles. The van der Waals surface area contributed by atoms with Gasteiger partial charge in [0.25, 0.3) is 5.91 Å². The quantitative estimate of drug-likeness (QED) is 0.865. The Morgan fingerprint density at radius 3 is 2.79 bits per heavy atom. The Balaban J connectivity index is 2.18. The summed E-state index contributed by atoms with van der Waals surface area (Å²) >= 11 is 3.32. The predicted octanol–water partition coefficient (Wildman–Crippen LogP) is 2.61. The number of hydrogen-bond acceptors (Lipinski definition) is 3. The molecule has 1 saturated carbocycles. The number of carbonyl (C=O) groups excluding carboxylic acids is 1. The maximum atomic E-state index is 12.6. The van der Waals surface area contributed by atoms with E-state index in [2.05, 4.69) is 20.9 Å². The van der Waals surface area contributed by atoms with E-state index in [-0.39, 0.29) is 18.6 Å². The fourth-order valence-corrected chi connectivity index (χ4v) is 3.07. The minimum absolute atomic E-state index is 0.000120. The van der Waals surface area contributed by atoms with Gasteiger partial charge in [-0.3, -0.25) is 4.79 Å². The van der Waals surface area contributed by atoms with Gasteiger partial charge in [-0.2, -0.15) is 0 Å². The zero-order valence-electron chi connectivity index (χ0n) is 10.9. The molecule has 1 aromatic heterocycles. The van der Waals surface area contributed by atoms with Gasteiger partial charge in [-0.05, 0) is 40.9 Å². The monoisotopic (exact) mass is 326 g/mol. The first-order valence-corrected chi connectivity index (χ1v) is 7.55. The fraction of sp³-hybridized carbons (Fsp3) is 0.571. The highest BCUT2D eigenvalue weighted by atomic mass is 79.9. The number of nitrogens with zero attached hydrogens (tertiary/aromatic N) is 2. The normalized spacial score (nSPS) is 16.3. The highest BCUT2D eigenvalue weighted by Gasteiger charge is 2.27. The molecule has 1 N–H and O–H groups in total. The van der Waals surface area contributed by atoms with E-state index in [4.69, 9.17) is 0 Å². The lowest BCUT2D eigenvalue weighted by atomic mass is 9.94. The van der Waals surface area contributed by atoms with Crippen LogP contribution in [-0.2, 0) is 0 Å². The third-order valence-electron chi connectivity index (χ3n) is 3.61. The van der Waals surface area contributed by atoms with Crippen LogP contribution in [0.5, 0.6) is 0 Å². The molecule has 0 aromatic carbocycles. The SMILES string of the molecule is O=C(c1cccnc1Br)N(CCO)C1CCCCC1. The molecule has 104 valence electrons. The highest BCUT2D eigenvalue weighted by Crippen LogP contribution is 2.25. The summed E-state index contributed by atoms with van der Waals surface area (Å²) in [7, 11) is 0. The van der Waals surface area contributed by atoms with Gasteiger partial charge in [-0.1, -0.05) is 19.3 Å². The van der Waals surface area contributed by atoms with E-state index in [1.165, 1.54) is 6.42 Å². The molecular weight excluding hydrogens is 308 g/mol. The Morgan fingerprint density at radius 2 is 2.16 bits per heavy atom. The maximum Gasteiger partial charge on any atom is 0.256 e. The van der Waals surface area contributed by atoms with E-state index in [1.807, 2.05) is 0 Å². The van der Waals surface area contributed by atoms with Crippen LogP contribution in [0.2, 0.25) is 0 Å². The van der Waals surface area contributed by atoms with Crippen molar-refractivity contribution in [1.29, 1.82) is 0 Å². The standard InChI is InChI=1S/C14H19BrN2O2/c15-13-12(7-4-8-16-13)14(19)17(9-10-18)11-5-2-1-3-6-11/h4,7-8,11,18H,1-3,5-6,9-10H2. The molecule has 0 bridgehead atoms. The molecule has 0 radical (unpaired) electrons. The molecule has 1 amide bonds. The smallest absolute Gasteiger partial charge is 0.256 e. The van der Waals surface area contributed by atoms with E-state index >= 15 is 0 Å². The number of carbonyl (C=O) groups is 1. The van der Waals surface area contributed by atoms with Crippen LogP contribution in [-0.4, -0.2) is 40.1 Å². The van der Waals surface area contributed by atoms with Crippen LogP contribution in [0.1, 0.15) is 42.5 Å². The van der Waals surface area contributed by atoms with Crippen molar-refractivity contribution >= 4 is 21.8 Å². The molecule has 5 heteroatoms. The van der Waals surface area contributed by atoms with E-state index in [1.54, 1.807) is 23.2 Å². The number of aliphatic hydroxyl groups is 1. The molecule has 2 rings (SSSR count). The first kappa shape index (κ1) is 14.5. The van der Waals surface area contributed by atoms with Crippen molar-refractivity contribution < 1.29 is 9.90 Å². The van der Waals surface area contributed by atoms with Crippen LogP contribution >= 0.6 is 15.9 Å². The Labute approximate surface area is 122 Å². The summed E-state index contributed by atoms with van der Waals surface area (Å²) in [5.74, 6) is -0.0408. The number of amides is 1. The second kappa shape index (κ2) is 7.01. The van der Waals surface area contributed by atoms with Crippen molar-refractivity contribution in [3.63, 3.8) is 0 Å². The van der Waals surface area contributed by atoms with Gasteiger partial charge in [0.05, 0.1) is 12.2 Å². The molecule has 0 saturated heterocycles. The molecule has 1 aliphatic rings. The largest absolute Gasteiger partial charge is 0.395 e. The van der Waals surface area contributed by atoms with Gasteiger partial charge in [0.15, 0.2) is 0 Å². The van der Waals surface area contributed by atoms with E-state index in [0.29, 0.717) is 16.7 Å². The lowest BCUT2D eigenvalue weighted by Crippen LogP contribution is -2.43. The molecular formula is C14H19BrN2O2. The van der Waals surface area contributed by atoms with Crippen LogP contribution in [0.25, 0.3) is 0 Å². The summed E-state index contributed by atoms with van der Waals surface area (Å²) in [5, 5.41) is 9.21. The number of aromatic nitrogens is 1. The molecule has 0 spiro atoms. The van der Waals surface area contributed by atoms with Gasteiger partial charge < -0.3 is 10.0 Å². The zero-order chi connectivity index (χ0) is 13.7. The van der Waals surface area contributed by atoms with Crippen LogP contribution in [0, 0.1) is 0 Å². The van der Waals surface area contributed by atoms with E-state index in [9.17, 15) is 9.90 Å². The topological polar surface area (TPSA) is 53.4 Å². The Morgan fingerprint density at radius 1 is 1.42 bits per heavy atom. The van der Waals surface area contributed by atoms with Gasteiger partial charge in [-0.15, -0.1) is 0 Å². The van der Waals surface area contributed by atoms with Crippen LogP contribution in [0.3, 0.4) is 0 Å². The molecule has 19 heavy (non-hydrogen) atoms. The second-order valence-corrected chi connectivity index (χ2v) is 5.61. The Kier molecular flexibility index (Phi) is 5.34. The van der Waals surface area contributed by atoms with Crippen LogP contribution < -0.4 is 0 Å². The average Bonchev–Trinajstić information content (AvgIpc) is 2.45. The number of aliphatic hydroxyl groups excluding tert-OH is 1. The number of halogens is 1. The fourth-order valence-electron chi connectivity index (χ4n) is 2.65. The Bertz CT molecular complexity index is 433. The minimum Gasteiger partial charge on any atom is -0.395 e. The first-order chi connectivity index (χ1) is 9.24. The lowest BCUT2D eigenvalue weighted by molar-refractivity contribution is 0.0584.